The second kappa shape index (κ2) is 8.94. The molecule has 0 unspecified atom stereocenters. The Morgan fingerprint density at radius 3 is 2.41 bits per heavy atom. The van der Waals surface area contributed by atoms with Crippen molar-refractivity contribution in [2.75, 3.05) is 24.5 Å². The standard InChI is InChI=1S/C25H28N6O/c1-19-11-13-21(14-12-19)22-17-23(20-9-5-4-6-10-20)31-25(26-27-28-31)30(22)18-24(32)29-15-7-2-3-8-16-29/h4-6,9-14,17,23H,2-3,7-8,15-16,18H2,1H3/t23-/m1/s1. The van der Waals surface area contributed by atoms with Crippen molar-refractivity contribution in [1.82, 2.24) is 25.1 Å². The lowest BCUT2D eigenvalue weighted by Gasteiger charge is -2.34. The third-order valence-electron chi connectivity index (χ3n) is 6.33. The molecule has 0 N–H and O–H groups in total. The summed E-state index contributed by atoms with van der Waals surface area (Å²) in [5.74, 6) is 0.720. The van der Waals surface area contributed by atoms with E-state index in [-0.39, 0.29) is 18.5 Å². The molecule has 1 amide bonds. The number of aromatic nitrogens is 4. The highest BCUT2D eigenvalue weighted by Gasteiger charge is 2.32. The van der Waals surface area contributed by atoms with Crippen LogP contribution in [0.25, 0.3) is 5.70 Å². The highest BCUT2D eigenvalue weighted by Crippen LogP contribution is 2.36. The molecule has 0 bridgehead atoms. The third-order valence-corrected chi connectivity index (χ3v) is 6.33. The minimum absolute atomic E-state index is 0.123. The number of aryl methyl sites for hydroxylation is 1. The van der Waals surface area contributed by atoms with Gasteiger partial charge < -0.3 is 4.90 Å². The number of carbonyl (C=O) groups excluding carboxylic acids is 1. The number of likely N-dealkylation sites (tertiary alicyclic amines) is 1. The van der Waals surface area contributed by atoms with Crippen LogP contribution in [0.1, 0.15) is 48.4 Å². The largest absolute Gasteiger partial charge is 0.341 e. The Morgan fingerprint density at radius 2 is 1.69 bits per heavy atom. The van der Waals surface area contributed by atoms with Gasteiger partial charge in [0.15, 0.2) is 0 Å². The molecule has 3 heterocycles. The van der Waals surface area contributed by atoms with Crippen LogP contribution in [-0.4, -0.2) is 50.6 Å². The second-order valence-corrected chi connectivity index (χ2v) is 8.58. The number of fused-ring (bicyclic) bond motifs is 1. The molecule has 1 saturated heterocycles. The number of benzene rings is 2. The van der Waals surface area contributed by atoms with Crippen LogP contribution in [0, 0.1) is 6.92 Å². The van der Waals surface area contributed by atoms with Crippen LogP contribution in [0.3, 0.4) is 0 Å². The van der Waals surface area contributed by atoms with Crippen molar-refractivity contribution in [2.45, 2.75) is 38.6 Å². The van der Waals surface area contributed by atoms with Crippen LogP contribution in [0.2, 0.25) is 0 Å². The molecule has 32 heavy (non-hydrogen) atoms. The average molecular weight is 429 g/mol. The van der Waals surface area contributed by atoms with E-state index in [4.69, 9.17) is 0 Å². The molecule has 7 nitrogen and oxygen atoms in total. The number of anilines is 1. The third kappa shape index (κ3) is 4.02. The van der Waals surface area contributed by atoms with Crippen molar-refractivity contribution in [3.05, 3.63) is 77.4 Å². The maximum Gasteiger partial charge on any atom is 0.251 e. The van der Waals surface area contributed by atoms with Crippen molar-refractivity contribution >= 4 is 17.6 Å². The van der Waals surface area contributed by atoms with Crippen molar-refractivity contribution in [3.8, 4) is 0 Å². The van der Waals surface area contributed by atoms with E-state index in [9.17, 15) is 4.79 Å². The van der Waals surface area contributed by atoms with Crippen molar-refractivity contribution in [3.63, 3.8) is 0 Å². The first-order valence-electron chi connectivity index (χ1n) is 11.4. The Hall–Kier alpha value is -3.48. The van der Waals surface area contributed by atoms with Gasteiger partial charge in [-0.1, -0.05) is 78.1 Å². The maximum absolute atomic E-state index is 13.3. The van der Waals surface area contributed by atoms with Crippen LogP contribution in [0.4, 0.5) is 5.95 Å². The van der Waals surface area contributed by atoms with Crippen molar-refractivity contribution in [2.24, 2.45) is 0 Å². The fourth-order valence-corrected chi connectivity index (χ4v) is 4.54. The van der Waals surface area contributed by atoms with Crippen LogP contribution in [-0.2, 0) is 4.79 Å². The lowest BCUT2D eigenvalue weighted by Crippen LogP contribution is -2.42. The number of hydrogen-bond donors (Lipinski definition) is 0. The quantitative estimate of drug-likeness (QED) is 0.632. The summed E-state index contributed by atoms with van der Waals surface area (Å²) in [6.45, 7) is 3.95. The molecular formula is C25H28N6O. The zero-order chi connectivity index (χ0) is 21.9. The molecule has 3 aromatic rings. The molecule has 2 aliphatic rings. The monoisotopic (exact) mass is 428 g/mol. The van der Waals surface area contributed by atoms with E-state index >= 15 is 0 Å². The molecule has 2 aliphatic heterocycles. The lowest BCUT2D eigenvalue weighted by molar-refractivity contribution is -0.129. The van der Waals surface area contributed by atoms with Gasteiger partial charge in [-0.15, -0.1) is 0 Å². The molecule has 7 heteroatoms. The molecule has 1 aromatic heterocycles. The number of tetrazole rings is 1. The number of amides is 1. The van der Waals surface area contributed by atoms with E-state index in [2.05, 4.69) is 64.9 Å². The molecule has 1 atom stereocenters. The summed E-state index contributed by atoms with van der Waals surface area (Å²) in [5.41, 5.74) is 4.31. The summed E-state index contributed by atoms with van der Waals surface area (Å²) in [6, 6.07) is 18.5. The van der Waals surface area contributed by atoms with Gasteiger partial charge in [-0.3, -0.25) is 9.69 Å². The van der Waals surface area contributed by atoms with Crippen LogP contribution < -0.4 is 4.90 Å². The average Bonchev–Trinajstić information content (AvgIpc) is 3.15. The molecule has 164 valence electrons. The van der Waals surface area contributed by atoms with Crippen molar-refractivity contribution in [1.29, 1.82) is 0 Å². The van der Waals surface area contributed by atoms with Gasteiger partial charge in [-0.25, -0.2) is 0 Å². The SMILES string of the molecule is Cc1ccc(C2=C[C@H](c3ccccc3)n3nnnc3N2CC(=O)N2CCCCCC2)cc1. The normalized spacial score (nSPS) is 18.7. The van der Waals surface area contributed by atoms with Gasteiger partial charge in [-0.2, -0.15) is 4.68 Å². The number of nitrogens with zero attached hydrogens (tertiary/aromatic N) is 6. The Labute approximate surface area is 188 Å². The van der Waals surface area contributed by atoms with E-state index in [1.165, 1.54) is 18.4 Å². The van der Waals surface area contributed by atoms with Gasteiger partial charge in [0.1, 0.15) is 12.6 Å². The summed E-state index contributed by atoms with van der Waals surface area (Å²) >= 11 is 0. The summed E-state index contributed by atoms with van der Waals surface area (Å²) < 4.78 is 1.81. The van der Waals surface area contributed by atoms with Crippen LogP contribution >= 0.6 is 0 Å². The van der Waals surface area contributed by atoms with Gasteiger partial charge >= 0.3 is 0 Å². The summed E-state index contributed by atoms with van der Waals surface area (Å²) in [7, 11) is 0. The molecule has 2 aromatic carbocycles. The molecule has 0 aliphatic carbocycles. The summed E-state index contributed by atoms with van der Waals surface area (Å²) in [6.07, 6.45) is 6.69. The van der Waals surface area contributed by atoms with Gasteiger partial charge in [0.2, 0.25) is 5.91 Å². The highest BCUT2D eigenvalue weighted by atomic mass is 16.2. The number of carbonyl (C=O) groups is 1. The van der Waals surface area contributed by atoms with E-state index in [1.54, 1.807) is 0 Å². The number of rotatable bonds is 4. The first-order chi connectivity index (χ1) is 15.7. The van der Waals surface area contributed by atoms with Gasteiger partial charge in [0, 0.05) is 13.1 Å². The Bertz CT molecular complexity index is 1100. The van der Waals surface area contributed by atoms with Gasteiger partial charge in [0.25, 0.3) is 5.95 Å². The molecule has 0 radical (unpaired) electrons. The Morgan fingerprint density at radius 1 is 0.969 bits per heavy atom. The fourth-order valence-electron chi connectivity index (χ4n) is 4.54. The summed E-state index contributed by atoms with van der Waals surface area (Å²) in [5, 5.41) is 12.6. The second-order valence-electron chi connectivity index (χ2n) is 8.58. The smallest absolute Gasteiger partial charge is 0.251 e. The predicted octanol–water partition coefficient (Wildman–Crippen LogP) is 3.83. The minimum atomic E-state index is -0.137. The van der Waals surface area contributed by atoms with Crippen LogP contribution in [0.15, 0.2) is 60.7 Å². The first-order valence-corrected chi connectivity index (χ1v) is 11.4. The molecular weight excluding hydrogens is 400 g/mol. The topological polar surface area (TPSA) is 67.2 Å². The number of allylic oxidation sites excluding steroid dienone is 1. The first kappa shape index (κ1) is 20.4. The van der Waals surface area contributed by atoms with E-state index in [0.29, 0.717) is 5.95 Å². The lowest BCUT2D eigenvalue weighted by atomic mass is 10.00. The van der Waals surface area contributed by atoms with Gasteiger partial charge in [0.05, 0.1) is 5.70 Å². The van der Waals surface area contributed by atoms with Crippen molar-refractivity contribution < 1.29 is 4.79 Å². The Kier molecular flexibility index (Phi) is 5.71. The zero-order valence-corrected chi connectivity index (χ0v) is 18.4. The Balaban J connectivity index is 1.54. The highest BCUT2D eigenvalue weighted by molar-refractivity contribution is 5.89. The van der Waals surface area contributed by atoms with Crippen LogP contribution in [0.5, 0.6) is 0 Å². The summed E-state index contributed by atoms with van der Waals surface area (Å²) in [4.78, 5) is 17.3. The molecule has 5 rings (SSSR count). The molecule has 0 saturated carbocycles. The fraction of sp³-hybridized carbons (Fsp3) is 0.360. The van der Waals surface area contributed by atoms with Gasteiger partial charge in [-0.05, 0) is 47.4 Å². The predicted molar refractivity (Wildman–Crippen MR) is 124 cm³/mol. The van der Waals surface area contributed by atoms with E-state index in [1.807, 2.05) is 32.7 Å². The minimum Gasteiger partial charge on any atom is -0.341 e. The van der Waals surface area contributed by atoms with E-state index < -0.39 is 0 Å². The molecule has 1 fully saturated rings. The maximum atomic E-state index is 13.3. The zero-order valence-electron chi connectivity index (χ0n) is 18.4. The van der Waals surface area contributed by atoms with E-state index in [0.717, 1.165) is 42.8 Å². The number of hydrogen-bond acceptors (Lipinski definition) is 5. The molecule has 0 spiro atoms.